The average Bonchev–Trinajstić information content (AvgIpc) is 2.39. The van der Waals surface area contributed by atoms with E-state index in [-0.39, 0.29) is 10.9 Å². The van der Waals surface area contributed by atoms with Crippen molar-refractivity contribution in [1.82, 2.24) is 4.72 Å². The molecule has 0 aliphatic heterocycles. The third-order valence-corrected chi connectivity index (χ3v) is 5.53. The molecule has 1 unspecified atom stereocenters. The summed E-state index contributed by atoms with van der Waals surface area (Å²) in [6.07, 6.45) is 6.56. The van der Waals surface area contributed by atoms with Gasteiger partial charge >= 0.3 is 0 Å². The lowest BCUT2D eigenvalue weighted by atomic mass is 10.0. The van der Waals surface area contributed by atoms with E-state index in [4.69, 9.17) is 4.74 Å². The Hall–Kier alpha value is -0.850. The highest BCUT2D eigenvalue weighted by molar-refractivity contribution is 9.10. The first-order valence-electron chi connectivity index (χ1n) is 6.04. The fourth-order valence-corrected chi connectivity index (χ4v) is 4.26. The maximum atomic E-state index is 12.4. The van der Waals surface area contributed by atoms with Gasteiger partial charge in [0, 0.05) is 16.6 Å². The van der Waals surface area contributed by atoms with Crippen LogP contribution in [0.3, 0.4) is 0 Å². The van der Waals surface area contributed by atoms with Crippen molar-refractivity contribution in [2.45, 2.75) is 30.2 Å². The quantitative estimate of drug-likeness (QED) is 0.853. The lowest BCUT2D eigenvalue weighted by Gasteiger charge is -2.20. The van der Waals surface area contributed by atoms with Crippen LogP contribution in [0, 0.1) is 0 Å². The summed E-state index contributed by atoms with van der Waals surface area (Å²) in [5.41, 5.74) is 0. The summed E-state index contributed by atoms with van der Waals surface area (Å²) in [5, 5.41) is 0. The summed E-state index contributed by atoms with van der Waals surface area (Å²) in [7, 11) is -2.02. The van der Waals surface area contributed by atoms with Crippen LogP contribution in [0.15, 0.2) is 39.7 Å². The molecule has 0 radical (unpaired) electrons. The zero-order chi connectivity index (χ0) is 13.9. The van der Waals surface area contributed by atoms with Crippen LogP contribution in [0.25, 0.3) is 0 Å². The van der Waals surface area contributed by atoms with Crippen molar-refractivity contribution in [3.05, 3.63) is 34.8 Å². The Bertz CT molecular complexity index is 584. The Morgan fingerprint density at radius 1 is 1.37 bits per heavy atom. The van der Waals surface area contributed by atoms with Crippen LogP contribution < -0.4 is 9.46 Å². The molecule has 0 heterocycles. The first-order valence-corrected chi connectivity index (χ1v) is 8.31. The minimum atomic E-state index is -3.53. The second-order valence-electron chi connectivity index (χ2n) is 4.40. The first-order chi connectivity index (χ1) is 9.03. The molecule has 0 bridgehead atoms. The standard InChI is InChI=1S/C13H16BrNO3S/c1-18-11-7-8-12(14)13(9-11)19(16,17)15-10-5-3-2-4-6-10/h2-3,7-10,15H,4-6H2,1H3. The monoisotopic (exact) mass is 345 g/mol. The van der Waals surface area contributed by atoms with E-state index in [0.717, 1.165) is 19.3 Å². The van der Waals surface area contributed by atoms with Crippen LogP contribution in [0.4, 0.5) is 0 Å². The molecule has 0 saturated heterocycles. The SMILES string of the molecule is COc1ccc(Br)c(S(=O)(=O)NC2CC=CCC2)c1. The van der Waals surface area contributed by atoms with E-state index < -0.39 is 10.0 Å². The molecule has 4 nitrogen and oxygen atoms in total. The van der Waals surface area contributed by atoms with Gasteiger partial charge in [-0.1, -0.05) is 12.2 Å². The third kappa shape index (κ3) is 3.58. The lowest BCUT2D eigenvalue weighted by molar-refractivity contribution is 0.413. The summed E-state index contributed by atoms with van der Waals surface area (Å²) in [5.74, 6) is 0.520. The molecule has 1 N–H and O–H groups in total. The molecule has 2 rings (SSSR count). The largest absolute Gasteiger partial charge is 0.497 e. The molecule has 1 aromatic rings. The highest BCUT2D eigenvalue weighted by Gasteiger charge is 2.23. The topological polar surface area (TPSA) is 55.4 Å². The lowest BCUT2D eigenvalue weighted by Crippen LogP contribution is -2.35. The molecule has 1 aliphatic carbocycles. The van der Waals surface area contributed by atoms with Gasteiger partial charge in [0.2, 0.25) is 10.0 Å². The molecule has 0 amide bonds. The van der Waals surface area contributed by atoms with E-state index in [1.54, 1.807) is 12.1 Å². The Morgan fingerprint density at radius 2 is 2.16 bits per heavy atom. The normalized spacial score (nSPS) is 19.4. The van der Waals surface area contributed by atoms with Gasteiger partial charge in [0.25, 0.3) is 0 Å². The van der Waals surface area contributed by atoms with Gasteiger partial charge < -0.3 is 4.74 Å². The fraction of sp³-hybridized carbons (Fsp3) is 0.385. The predicted molar refractivity (Wildman–Crippen MR) is 77.8 cm³/mol. The molecule has 104 valence electrons. The Labute approximate surface area is 122 Å². The zero-order valence-electron chi connectivity index (χ0n) is 10.6. The maximum absolute atomic E-state index is 12.4. The minimum absolute atomic E-state index is 0.0342. The summed E-state index contributed by atoms with van der Waals surface area (Å²) in [6.45, 7) is 0. The molecule has 1 aromatic carbocycles. The predicted octanol–water partition coefficient (Wildman–Crippen LogP) is 2.84. The van der Waals surface area contributed by atoms with Crippen molar-refractivity contribution in [2.75, 3.05) is 7.11 Å². The summed E-state index contributed by atoms with van der Waals surface area (Å²) in [6, 6.07) is 4.87. The Kier molecular flexibility index (Phi) is 4.65. The number of nitrogens with one attached hydrogen (secondary N) is 1. The van der Waals surface area contributed by atoms with Gasteiger partial charge in [-0.15, -0.1) is 0 Å². The minimum Gasteiger partial charge on any atom is -0.497 e. The van der Waals surface area contributed by atoms with Gasteiger partial charge in [-0.2, -0.15) is 0 Å². The number of hydrogen-bond acceptors (Lipinski definition) is 3. The number of ether oxygens (including phenoxy) is 1. The summed E-state index contributed by atoms with van der Waals surface area (Å²) < 4.78 is 33.1. The number of rotatable bonds is 4. The molecule has 0 aromatic heterocycles. The Morgan fingerprint density at radius 3 is 2.79 bits per heavy atom. The van der Waals surface area contributed by atoms with E-state index >= 15 is 0 Å². The highest BCUT2D eigenvalue weighted by Crippen LogP contribution is 2.27. The van der Waals surface area contributed by atoms with Gasteiger partial charge in [-0.3, -0.25) is 0 Å². The van der Waals surface area contributed by atoms with Crippen LogP contribution in [-0.4, -0.2) is 21.6 Å². The third-order valence-electron chi connectivity index (χ3n) is 3.02. The molecule has 1 atom stereocenters. The van der Waals surface area contributed by atoms with Gasteiger partial charge in [0.15, 0.2) is 0 Å². The van der Waals surface area contributed by atoms with E-state index in [0.29, 0.717) is 10.2 Å². The van der Waals surface area contributed by atoms with Crippen molar-refractivity contribution in [2.24, 2.45) is 0 Å². The van der Waals surface area contributed by atoms with E-state index in [9.17, 15) is 8.42 Å². The van der Waals surface area contributed by atoms with E-state index in [1.165, 1.54) is 13.2 Å². The molecule has 6 heteroatoms. The van der Waals surface area contributed by atoms with Crippen molar-refractivity contribution < 1.29 is 13.2 Å². The number of benzene rings is 1. The first kappa shape index (κ1) is 14.6. The summed E-state index contributed by atoms with van der Waals surface area (Å²) in [4.78, 5) is 0.210. The maximum Gasteiger partial charge on any atom is 0.242 e. The average molecular weight is 346 g/mol. The fourth-order valence-electron chi connectivity index (χ4n) is 2.00. The zero-order valence-corrected chi connectivity index (χ0v) is 13.0. The van der Waals surface area contributed by atoms with Gasteiger partial charge in [0.1, 0.15) is 5.75 Å². The van der Waals surface area contributed by atoms with Gasteiger partial charge in [0.05, 0.1) is 12.0 Å². The molecular weight excluding hydrogens is 330 g/mol. The smallest absolute Gasteiger partial charge is 0.242 e. The van der Waals surface area contributed by atoms with Crippen LogP contribution >= 0.6 is 15.9 Å². The highest BCUT2D eigenvalue weighted by atomic mass is 79.9. The van der Waals surface area contributed by atoms with Crippen LogP contribution in [-0.2, 0) is 10.0 Å². The molecule has 19 heavy (non-hydrogen) atoms. The number of sulfonamides is 1. The second-order valence-corrected chi connectivity index (χ2v) is 6.94. The number of methoxy groups -OCH3 is 1. The van der Waals surface area contributed by atoms with Crippen LogP contribution in [0.1, 0.15) is 19.3 Å². The molecule has 0 saturated carbocycles. The van der Waals surface area contributed by atoms with Crippen LogP contribution in [0.5, 0.6) is 5.75 Å². The van der Waals surface area contributed by atoms with Crippen molar-refractivity contribution in [1.29, 1.82) is 0 Å². The molecular formula is C13H16BrNO3S. The van der Waals surface area contributed by atoms with Crippen molar-refractivity contribution in [3.8, 4) is 5.75 Å². The van der Waals surface area contributed by atoms with Gasteiger partial charge in [-0.25, -0.2) is 13.1 Å². The van der Waals surface area contributed by atoms with E-state index in [2.05, 4.69) is 26.7 Å². The Balaban J connectivity index is 2.25. The van der Waals surface area contributed by atoms with Crippen molar-refractivity contribution >= 4 is 26.0 Å². The number of hydrogen-bond donors (Lipinski definition) is 1. The van der Waals surface area contributed by atoms with Crippen LogP contribution in [0.2, 0.25) is 0 Å². The van der Waals surface area contributed by atoms with Gasteiger partial charge in [-0.05, 0) is 47.3 Å². The molecule has 0 spiro atoms. The molecule has 0 fully saturated rings. The van der Waals surface area contributed by atoms with E-state index in [1.807, 2.05) is 6.08 Å². The molecule has 1 aliphatic rings. The summed E-state index contributed by atoms with van der Waals surface area (Å²) >= 11 is 3.27. The van der Waals surface area contributed by atoms with Crippen molar-refractivity contribution in [3.63, 3.8) is 0 Å². The second kappa shape index (κ2) is 6.07. The number of halogens is 1. The number of allylic oxidation sites excluding steroid dienone is 1.